The zero-order chi connectivity index (χ0) is 15.1. The highest BCUT2D eigenvalue weighted by molar-refractivity contribution is 7.10. The molecule has 0 unspecified atom stereocenters. The van der Waals surface area contributed by atoms with Gasteiger partial charge in [-0.2, -0.15) is 0 Å². The van der Waals surface area contributed by atoms with E-state index < -0.39 is 0 Å². The zero-order valence-electron chi connectivity index (χ0n) is 11.9. The molecule has 0 fully saturated rings. The molecule has 1 aromatic carbocycles. The van der Waals surface area contributed by atoms with Crippen molar-refractivity contribution in [2.24, 2.45) is 0 Å². The number of nitrogens with zero attached hydrogens (tertiary/aromatic N) is 1. The number of thiophene rings is 1. The fraction of sp³-hybridized carbons (Fsp3) is 0.235. The predicted molar refractivity (Wildman–Crippen MR) is 84.9 cm³/mol. The van der Waals surface area contributed by atoms with E-state index in [-0.39, 0.29) is 12.5 Å². The van der Waals surface area contributed by atoms with E-state index in [1.54, 1.807) is 4.90 Å². The lowest BCUT2D eigenvalue weighted by Crippen LogP contribution is -2.27. The summed E-state index contributed by atoms with van der Waals surface area (Å²) in [5.41, 5.74) is 2.08. The molecule has 1 aromatic heterocycles. The van der Waals surface area contributed by atoms with Gasteiger partial charge in [0.1, 0.15) is 6.61 Å². The summed E-state index contributed by atoms with van der Waals surface area (Å²) in [5, 5.41) is 10.7. The summed E-state index contributed by atoms with van der Waals surface area (Å²) in [4.78, 5) is 14.8. The summed E-state index contributed by atoms with van der Waals surface area (Å²) >= 11 is 1.52. The normalized spacial score (nSPS) is 9.81. The second-order valence-electron chi connectivity index (χ2n) is 4.69. The van der Waals surface area contributed by atoms with Crippen LogP contribution in [0.1, 0.15) is 16.0 Å². The van der Waals surface area contributed by atoms with Crippen LogP contribution >= 0.6 is 11.3 Å². The Balaban J connectivity index is 1.93. The van der Waals surface area contributed by atoms with Gasteiger partial charge in [0.05, 0.1) is 11.3 Å². The molecule has 1 amide bonds. The highest BCUT2D eigenvalue weighted by atomic mass is 32.1. The van der Waals surface area contributed by atoms with E-state index in [1.165, 1.54) is 11.3 Å². The lowest BCUT2D eigenvalue weighted by molar-refractivity contribution is -0.129. The minimum Gasteiger partial charge on any atom is -0.384 e. The highest BCUT2D eigenvalue weighted by Crippen LogP contribution is 2.15. The Morgan fingerprint density at radius 2 is 2.05 bits per heavy atom. The molecule has 0 aliphatic heterocycles. The molecule has 0 bridgehead atoms. The van der Waals surface area contributed by atoms with E-state index in [1.807, 2.05) is 48.8 Å². The van der Waals surface area contributed by atoms with Gasteiger partial charge >= 0.3 is 0 Å². The molecule has 4 heteroatoms. The summed E-state index contributed by atoms with van der Waals surface area (Å²) in [6.07, 6.45) is 0.415. The summed E-state index contributed by atoms with van der Waals surface area (Å²) < 4.78 is 0. The Bertz CT molecular complexity index is 652. The zero-order valence-corrected chi connectivity index (χ0v) is 12.7. The van der Waals surface area contributed by atoms with Crippen LogP contribution < -0.4 is 0 Å². The number of aliphatic hydroxyl groups excluding tert-OH is 1. The van der Waals surface area contributed by atoms with Gasteiger partial charge in [0, 0.05) is 13.6 Å². The van der Waals surface area contributed by atoms with Gasteiger partial charge in [-0.05, 0) is 22.6 Å². The molecule has 0 saturated heterocycles. The third-order valence-corrected chi connectivity index (χ3v) is 3.88. The summed E-state index contributed by atoms with van der Waals surface area (Å²) in [6.45, 7) is 0.436. The van der Waals surface area contributed by atoms with Crippen LogP contribution in [0.3, 0.4) is 0 Å². The number of aliphatic hydroxyl groups is 1. The number of hydrogen-bond acceptors (Lipinski definition) is 3. The van der Waals surface area contributed by atoms with Gasteiger partial charge in [-0.15, -0.1) is 11.3 Å². The van der Waals surface area contributed by atoms with Crippen LogP contribution in [0.15, 0.2) is 41.8 Å². The van der Waals surface area contributed by atoms with Gasteiger partial charge in [-0.3, -0.25) is 4.79 Å². The third kappa shape index (κ3) is 4.75. The first-order chi connectivity index (χ1) is 10.2. The fourth-order valence-electron chi connectivity index (χ4n) is 1.92. The number of rotatable bonds is 4. The van der Waals surface area contributed by atoms with Crippen molar-refractivity contribution >= 4 is 17.2 Å². The third-order valence-electron chi connectivity index (χ3n) is 2.99. The quantitative estimate of drug-likeness (QED) is 0.880. The van der Waals surface area contributed by atoms with Crippen molar-refractivity contribution in [2.45, 2.75) is 13.0 Å². The van der Waals surface area contributed by atoms with Gasteiger partial charge in [0.25, 0.3) is 0 Å². The lowest BCUT2D eigenvalue weighted by Gasteiger charge is -2.16. The van der Waals surface area contributed by atoms with Crippen LogP contribution in [-0.4, -0.2) is 29.6 Å². The Hall–Kier alpha value is -2.09. The smallest absolute Gasteiger partial charge is 0.227 e. The van der Waals surface area contributed by atoms with Crippen molar-refractivity contribution in [3.8, 4) is 11.8 Å². The minimum atomic E-state index is -0.136. The molecule has 0 aliphatic carbocycles. The first-order valence-corrected chi connectivity index (χ1v) is 7.52. The van der Waals surface area contributed by atoms with E-state index >= 15 is 0 Å². The predicted octanol–water partition coefficient (Wildman–Crippen LogP) is 2.29. The van der Waals surface area contributed by atoms with Crippen LogP contribution in [0, 0.1) is 11.8 Å². The number of likely N-dealkylation sites (N-methyl/N-ethyl adjacent to an activating group) is 1. The molecular weight excluding hydrogens is 282 g/mol. The van der Waals surface area contributed by atoms with E-state index in [0.717, 1.165) is 16.0 Å². The second kappa shape index (κ2) is 7.63. The first kappa shape index (κ1) is 15.3. The maximum absolute atomic E-state index is 12.2. The monoisotopic (exact) mass is 299 g/mol. The molecule has 2 rings (SSSR count). The van der Waals surface area contributed by atoms with Crippen LogP contribution in [0.5, 0.6) is 0 Å². The Labute approximate surface area is 128 Å². The van der Waals surface area contributed by atoms with Crippen molar-refractivity contribution in [3.63, 3.8) is 0 Å². The molecule has 2 aromatic rings. The SMILES string of the molecule is CN(Cc1csc(C#CCO)c1)C(=O)Cc1ccccc1. The molecule has 0 atom stereocenters. The first-order valence-electron chi connectivity index (χ1n) is 6.64. The topological polar surface area (TPSA) is 40.5 Å². The van der Waals surface area contributed by atoms with E-state index in [9.17, 15) is 4.79 Å². The molecule has 0 aliphatic rings. The Morgan fingerprint density at radius 3 is 2.76 bits per heavy atom. The number of amides is 1. The molecule has 1 heterocycles. The Morgan fingerprint density at radius 1 is 1.29 bits per heavy atom. The van der Waals surface area contributed by atoms with Gasteiger partial charge in [-0.25, -0.2) is 0 Å². The number of carbonyl (C=O) groups excluding carboxylic acids is 1. The summed E-state index contributed by atoms with van der Waals surface area (Å²) in [5.74, 6) is 5.59. The van der Waals surface area contributed by atoms with Crippen molar-refractivity contribution in [2.75, 3.05) is 13.7 Å². The van der Waals surface area contributed by atoms with E-state index in [0.29, 0.717) is 13.0 Å². The van der Waals surface area contributed by atoms with Gasteiger partial charge in [0.2, 0.25) is 5.91 Å². The van der Waals surface area contributed by atoms with Gasteiger partial charge < -0.3 is 10.0 Å². The maximum Gasteiger partial charge on any atom is 0.227 e. The average Bonchev–Trinajstić information content (AvgIpc) is 2.93. The molecule has 1 N–H and O–H groups in total. The number of hydrogen-bond donors (Lipinski definition) is 1. The fourth-order valence-corrected chi connectivity index (χ4v) is 2.69. The molecule has 0 spiro atoms. The molecule has 108 valence electrons. The second-order valence-corrected chi connectivity index (χ2v) is 5.60. The van der Waals surface area contributed by atoms with E-state index in [2.05, 4.69) is 11.8 Å². The maximum atomic E-state index is 12.2. The molecule has 0 saturated carbocycles. The van der Waals surface area contributed by atoms with E-state index in [4.69, 9.17) is 5.11 Å². The summed E-state index contributed by atoms with van der Waals surface area (Å²) in [7, 11) is 1.81. The standard InChI is InChI=1S/C17H17NO2S/c1-18(17(20)11-14-6-3-2-4-7-14)12-15-10-16(21-13-15)8-5-9-19/h2-4,6-7,10,13,19H,9,11-12H2,1H3. The largest absolute Gasteiger partial charge is 0.384 e. The lowest BCUT2D eigenvalue weighted by atomic mass is 10.1. The van der Waals surface area contributed by atoms with Crippen LogP contribution in [0.4, 0.5) is 0 Å². The van der Waals surface area contributed by atoms with Crippen LogP contribution in [-0.2, 0) is 17.8 Å². The molecule has 21 heavy (non-hydrogen) atoms. The van der Waals surface area contributed by atoms with Crippen molar-refractivity contribution in [3.05, 3.63) is 57.8 Å². The van der Waals surface area contributed by atoms with Crippen LogP contribution in [0.2, 0.25) is 0 Å². The highest BCUT2D eigenvalue weighted by Gasteiger charge is 2.10. The van der Waals surface area contributed by atoms with Gasteiger partial charge in [-0.1, -0.05) is 42.2 Å². The molecule has 0 radical (unpaired) electrons. The summed E-state index contributed by atoms with van der Waals surface area (Å²) in [6, 6.07) is 11.7. The van der Waals surface area contributed by atoms with Crippen molar-refractivity contribution in [1.29, 1.82) is 0 Å². The average molecular weight is 299 g/mol. The van der Waals surface area contributed by atoms with Crippen molar-refractivity contribution in [1.82, 2.24) is 4.90 Å². The van der Waals surface area contributed by atoms with Crippen LogP contribution in [0.25, 0.3) is 0 Å². The van der Waals surface area contributed by atoms with Crippen molar-refractivity contribution < 1.29 is 9.90 Å². The minimum absolute atomic E-state index is 0.0930. The number of benzene rings is 1. The molecular formula is C17H17NO2S. The van der Waals surface area contributed by atoms with Gasteiger partial charge in [0.15, 0.2) is 0 Å². The Kier molecular flexibility index (Phi) is 5.56. The number of carbonyl (C=O) groups is 1. The molecule has 3 nitrogen and oxygen atoms in total.